The summed E-state index contributed by atoms with van der Waals surface area (Å²) in [7, 11) is 1.40. The van der Waals surface area contributed by atoms with E-state index in [-0.39, 0.29) is 23.7 Å². The topological polar surface area (TPSA) is 63.7 Å². The standard InChI is InChI=1S/C24H33NO4/c1-29-24(28)15-7-2-3-10-18-25-21(13-8-9-14-23(25)27)16-17-22(26)19-20-11-5-4-6-12-20/h3-6,10-12,21H,2,7-9,13-19H2,1H3. The Hall–Kier alpha value is -2.43. The van der Waals surface area contributed by atoms with Gasteiger partial charge in [-0.15, -0.1) is 0 Å². The summed E-state index contributed by atoms with van der Waals surface area (Å²) in [4.78, 5) is 38.0. The van der Waals surface area contributed by atoms with Crippen LogP contribution in [-0.2, 0) is 25.5 Å². The molecule has 1 saturated heterocycles. The Morgan fingerprint density at radius 2 is 1.93 bits per heavy atom. The van der Waals surface area contributed by atoms with Gasteiger partial charge in [-0.2, -0.15) is 0 Å². The van der Waals surface area contributed by atoms with E-state index < -0.39 is 0 Å². The Balaban J connectivity index is 1.82. The second-order valence-electron chi connectivity index (χ2n) is 7.63. The zero-order valence-corrected chi connectivity index (χ0v) is 17.5. The highest BCUT2D eigenvalue weighted by Crippen LogP contribution is 2.22. The van der Waals surface area contributed by atoms with Gasteiger partial charge < -0.3 is 9.64 Å². The van der Waals surface area contributed by atoms with Crippen LogP contribution in [0.25, 0.3) is 0 Å². The fourth-order valence-electron chi connectivity index (χ4n) is 3.72. The summed E-state index contributed by atoms with van der Waals surface area (Å²) in [6, 6.07) is 9.93. The van der Waals surface area contributed by atoms with Crippen LogP contribution in [0.3, 0.4) is 0 Å². The Bertz CT molecular complexity index is 683. The predicted molar refractivity (Wildman–Crippen MR) is 113 cm³/mol. The largest absolute Gasteiger partial charge is 0.469 e. The van der Waals surface area contributed by atoms with Gasteiger partial charge >= 0.3 is 5.97 Å². The number of rotatable bonds is 11. The highest BCUT2D eigenvalue weighted by atomic mass is 16.5. The molecule has 0 spiro atoms. The summed E-state index contributed by atoms with van der Waals surface area (Å²) in [6.07, 6.45) is 11.2. The molecule has 5 nitrogen and oxygen atoms in total. The molecule has 0 N–H and O–H groups in total. The number of ketones is 1. The molecule has 1 aromatic rings. The van der Waals surface area contributed by atoms with Gasteiger partial charge in [-0.25, -0.2) is 0 Å². The summed E-state index contributed by atoms with van der Waals surface area (Å²) in [5.74, 6) is 0.217. The third-order valence-corrected chi connectivity index (χ3v) is 5.39. The number of methoxy groups -OCH3 is 1. The summed E-state index contributed by atoms with van der Waals surface area (Å²) in [6.45, 7) is 0.578. The van der Waals surface area contributed by atoms with E-state index in [1.54, 1.807) is 0 Å². The van der Waals surface area contributed by atoms with E-state index in [0.717, 1.165) is 44.1 Å². The molecular formula is C24H33NO4. The predicted octanol–water partition coefficient (Wildman–Crippen LogP) is 4.25. The number of unbranched alkanes of at least 4 members (excludes halogenated alkanes) is 1. The normalized spacial score (nSPS) is 17.3. The molecule has 1 aliphatic rings. The van der Waals surface area contributed by atoms with Crippen molar-refractivity contribution in [3.63, 3.8) is 0 Å². The Kier molecular flexibility index (Phi) is 10.2. The molecule has 5 heteroatoms. The Labute approximate surface area is 174 Å². The third kappa shape index (κ3) is 8.63. The van der Waals surface area contributed by atoms with Crippen molar-refractivity contribution in [3.8, 4) is 0 Å². The zero-order valence-electron chi connectivity index (χ0n) is 17.5. The average molecular weight is 400 g/mol. The van der Waals surface area contributed by atoms with Crippen molar-refractivity contribution in [1.29, 1.82) is 0 Å². The van der Waals surface area contributed by atoms with Gasteiger partial charge in [0.1, 0.15) is 5.78 Å². The molecule has 1 unspecified atom stereocenters. The number of allylic oxidation sites excluding steroid dienone is 1. The average Bonchev–Trinajstić information content (AvgIpc) is 2.90. The van der Waals surface area contributed by atoms with Crippen LogP contribution in [0.15, 0.2) is 42.5 Å². The smallest absolute Gasteiger partial charge is 0.305 e. The van der Waals surface area contributed by atoms with Gasteiger partial charge in [-0.3, -0.25) is 14.4 Å². The van der Waals surface area contributed by atoms with Crippen molar-refractivity contribution >= 4 is 17.7 Å². The molecule has 0 aromatic heterocycles. The molecule has 158 valence electrons. The lowest BCUT2D eigenvalue weighted by atomic mass is 9.99. The fourth-order valence-corrected chi connectivity index (χ4v) is 3.72. The van der Waals surface area contributed by atoms with Crippen LogP contribution in [0, 0.1) is 0 Å². The van der Waals surface area contributed by atoms with E-state index >= 15 is 0 Å². The number of hydrogen-bond donors (Lipinski definition) is 0. The second-order valence-corrected chi connectivity index (χ2v) is 7.63. The van der Waals surface area contributed by atoms with Crippen LogP contribution in [0.2, 0.25) is 0 Å². The van der Waals surface area contributed by atoms with Crippen molar-refractivity contribution in [3.05, 3.63) is 48.0 Å². The molecule has 1 aromatic carbocycles. The maximum atomic E-state index is 12.6. The molecule has 0 saturated carbocycles. The number of ether oxygens (including phenoxy) is 1. The molecule has 1 amide bonds. The molecule has 29 heavy (non-hydrogen) atoms. The first-order valence-electron chi connectivity index (χ1n) is 10.7. The highest BCUT2D eigenvalue weighted by molar-refractivity contribution is 5.81. The quantitative estimate of drug-likeness (QED) is 0.317. The van der Waals surface area contributed by atoms with E-state index in [1.807, 2.05) is 47.4 Å². The van der Waals surface area contributed by atoms with E-state index in [2.05, 4.69) is 4.74 Å². The van der Waals surface area contributed by atoms with Gasteiger partial charge in [-0.1, -0.05) is 48.9 Å². The molecule has 1 fully saturated rings. The number of benzene rings is 1. The lowest BCUT2D eigenvalue weighted by Crippen LogP contribution is -2.39. The maximum absolute atomic E-state index is 12.6. The second kappa shape index (κ2) is 12.9. The van der Waals surface area contributed by atoms with Crippen LogP contribution in [0.1, 0.15) is 63.4 Å². The monoisotopic (exact) mass is 399 g/mol. The van der Waals surface area contributed by atoms with Crippen LogP contribution >= 0.6 is 0 Å². The lowest BCUT2D eigenvalue weighted by Gasteiger charge is -2.29. The minimum Gasteiger partial charge on any atom is -0.469 e. The molecule has 1 atom stereocenters. The molecule has 1 heterocycles. The summed E-state index contributed by atoms with van der Waals surface area (Å²) < 4.78 is 4.63. The number of Topliss-reactive ketones (excluding diaryl/α,β-unsaturated/α-hetero) is 1. The first-order valence-corrected chi connectivity index (χ1v) is 10.7. The number of carbonyl (C=O) groups excluding carboxylic acids is 3. The number of carbonyl (C=O) groups is 3. The summed E-state index contributed by atoms with van der Waals surface area (Å²) >= 11 is 0. The minimum absolute atomic E-state index is 0.129. The van der Waals surface area contributed by atoms with Gasteiger partial charge in [0.2, 0.25) is 5.91 Å². The van der Waals surface area contributed by atoms with Crippen molar-refractivity contribution < 1.29 is 19.1 Å². The molecule has 0 aliphatic carbocycles. The van der Waals surface area contributed by atoms with Crippen LogP contribution in [0.5, 0.6) is 0 Å². The van der Waals surface area contributed by atoms with Crippen LogP contribution < -0.4 is 0 Å². The van der Waals surface area contributed by atoms with Crippen molar-refractivity contribution in [1.82, 2.24) is 4.90 Å². The number of hydrogen-bond acceptors (Lipinski definition) is 4. The summed E-state index contributed by atoms with van der Waals surface area (Å²) in [5, 5.41) is 0. The number of amides is 1. The SMILES string of the molecule is COC(=O)CCCC=CCN1C(=O)CCCCC1CCC(=O)Cc1ccccc1. The third-order valence-electron chi connectivity index (χ3n) is 5.39. The fraction of sp³-hybridized carbons (Fsp3) is 0.542. The molecule has 1 aliphatic heterocycles. The van der Waals surface area contributed by atoms with Gasteiger partial charge in [0.05, 0.1) is 7.11 Å². The van der Waals surface area contributed by atoms with Gasteiger partial charge in [-0.05, 0) is 37.7 Å². The number of nitrogens with zero attached hydrogens (tertiary/aromatic N) is 1. The summed E-state index contributed by atoms with van der Waals surface area (Å²) in [5.41, 5.74) is 1.04. The Morgan fingerprint density at radius 3 is 2.69 bits per heavy atom. The Morgan fingerprint density at radius 1 is 1.14 bits per heavy atom. The maximum Gasteiger partial charge on any atom is 0.305 e. The first-order chi connectivity index (χ1) is 14.1. The van der Waals surface area contributed by atoms with E-state index in [0.29, 0.717) is 32.2 Å². The minimum atomic E-state index is -0.193. The molecule has 0 radical (unpaired) electrons. The van der Waals surface area contributed by atoms with Gasteiger partial charge in [0.25, 0.3) is 0 Å². The van der Waals surface area contributed by atoms with Crippen molar-refractivity contribution in [2.45, 2.75) is 70.3 Å². The highest BCUT2D eigenvalue weighted by Gasteiger charge is 2.25. The number of esters is 1. The lowest BCUT2D eigenvalue weighted by molar-refractivity contribution is -0.140. The zero-order chi connectivity index (χ0) is 20.9. The van der Waals surface area contributed by atoms with E-state index in [9.17, 15) is 14.4 Å². The molecular weight excluding hydrogens is 366 g/mol. The number of likely N-dealkylation sites (tertiary alicyclic amines) is 1. The van der Waals surface area contributed by atoms with E-state index in [4.69, 9.17) is 0 Å². The van der Waals surface area contributed by atoms with Gasteiger partial charge in [0, 0.05) is 38.3 Å². The molecule has 2 rings (SSSR count). The van der Waals surface area contributed by atoms with Crippen LogP contribution in [0.4, 0.5) is 0 Å². The van der Waals surface area contributed by atoms with E-state index in [1.165, 1.54) is 7.11 Å². The first kappa shape index (κ1) is 22.9. The van der Waals surface area contributed by atoms with Crippen molar-refractivity contribution in [2.24, 2.45) is 0 Å². The van der Waals surface area contributed by atoms with Crippen molar-refractivity contribution in [2.75, 3.05) is 13.7 Å². The molecule has 0 bridgehead atoms. The van der Waals surface area contributed by atoms with Crippen LogP contribution in [-0.4, -0.2) is 42.3 Å². The van der Waals surface area contributed by atoms with Gasteiger partial charge in [0.15, 0.2) is 0 Å².